The maximum absolute atomic E-state index is 9.69. The first kappa shape index (κ1) is 34.4. The van der Waals surface area contributed by atoms with Gasteiger partial charge in [0.05, 0.1) is 45.3 Å². The van der Waals surface area contributed by atoms with Gasteiger partial charge in [0, 0.05) is 58.9 Å². The summed E-state index contributed by atoms with van der Waals surface area (Å²) >= 11 is 3.76. The molecule has 6 aromatic carbocycles. The first-order valence-electron chi connectivity index (χ1n) is 19.5. The van der Waals surface area contributed by atoms with Crippen LogP contribution in [-0.4, -0.2) is 14.9 Å². The molecule has 0 saturated carbocycles. The average Bonchev–Trinajstić information content (AvgIpc) is 3.92. The van der Waals surface area contributed by atoms with Crippen molar-refractivity contribution in [3.05, 3.63) is 185 Å². The van der Waals surface area contributed by atoms with Crippen LogP contribution in [0.3, 0.4) is 0 Å². The first-order valence-corrected chi connectivity index (χ1v) is 21.3. The molecule has 0 saturated heterocycles. The second-order valence-corrected chi connectivity index (χ2v) is 17.4. The van der Waals surface area contributed by atoms with Crippen molar-refractivity contribution in [2.24, 2.45) is 5.92 Å². The van der Waals surface area contributed by atoms with E-state index in [9.17, 15) is 10.5 Å². The summed E-state index contributed by atoms with van der Waals surface area (Å²) in [5.74, 6) is 1.21. The Morgan fingerprint density at radius 2 is 1.26 bits per heavy atom. The fourth-order valence-electron chi connectivity index (χ4n) is 9.16. The number of benzene rings is 6. The Kier molecular flexibility index (Phi) is 7.95. The van der Waals surface area contributed by atoms with E-state index in [1.807, 2.05) is 47.4 Å². The number of allylic oxidation sites excluding steroid dienone is 8. The van der Waals surface area contributed by atoms with Gasteiger partial charge in [0.25, 0.3) is 0 Å². The molecule has 1 aliphatic carbocycles. The number of thiophene rings is 1. The fourth-order valence-corrected chi connectivity index (χ4v) is 11.3. The van der Waals surface area contributed by atoms with Crippen molar-refractivity contribution < 1.29 is 0 Å². The van der Waals surface area contributed by atoms with Crippen molar-refractivity contribution in [1.29, 1.82) is 10.5 Å². The number of para-hydroxylation sites is 2. The average molecular weight is 779 g/mol. The highest BCUT2D eigenvalue weighted by atomic mass is 32.2. The van der Waals surface area contributed by atoms with Crippen LogP contribution in [0.4, 0.5) is 0 Å². The predicted molar refractivity (Wildman–Crippen MR) is 246 cm³/mol. The van der Waals surface area contributed by atoms with Gasteiger partial charge in [-0.05, 0) is 137 Å². The molecule has 0 N–H and O–H groups in total. The van der Waals surface area contributed by atoms with E-state index in [1.165, 1.54) is 41.8 Å². The molecule has 274 valence electrons. The molecule has 0 bridgehead atoms. The van der Waals surface area contributed by atoms with E-state index in [4.69, 9.17) is 6.58 Å². The fraction of sp³-hybridized carbons (Fsp3) is 0.0769. The highest BCUT2D eigenvalue weighted by Gasteiger charge is 2.25. The highest BCUT2D eigenvalue weighted by molar-refractivity contribution is 8.03. The number of nitrogens with zero attached hydrogens (tertiary/aromatic N) is 4. The number of fused-ring (bicyclic) bond motifs is 9. The zero-order valence-corrected chi connectivity index (χ0v) is 33.3. The summed E-state index contributed by atoms with van der Waals surface area (Å²) in [5.41, 5.74) is 12.7. The zero-order chi connectivity index (χ0) is 39.1. The summed E-state index contributed by atoms with van der Waals surface area (Å²) in [6.07, 6.45) is 10.1. The molecule has 4 nitrogen and oxygen atoms in total. The number of thioether (sulfide) groups is 1. The Hall–Kier alpha value is -6.83. The molecule has 58 heavy (non-hydrogen) atoms. The lowest BCUT2D eigenvalue weighted by molar-refractivity contribution is 0.730. The molecule has 9 aromatic rings. The lowest BCUT2D eigenvalue weighted by Gasteiger charge is -2.26. The zero-order valence-electron chi connectivity index (χ0n) is 31.7. The van der Waals surface area contributed by atoms with Crippen LogP contribution >= 0.6 is 23.1 Å². The number of hydrogen-bond donors (Lipinski definition) is 0. The molecule has 4 heterocycles. The number of rotatable bonds is 3. The largest absolute Gasteiger partial charge is 0.309 e. The summed E-state index contributed by atoms with van der Waals surface area (Å²) in [4.78, 5) is 1.39. The molecule has 1 unspecified atom stereocenters. The van der Waals surface area contributed by atoms with Gasteiger partial charge in [-0.3, -0.25) is 0 Å². The SMILES string of the molecule is C=C1/C=C(n2c3ccccc3c3cc(C#N)ccc32)\C=C/CSC2=C1C=C(c1ccc3sc4ccc(-n5c6ccccc6c6cc(C#N)ccc65)cc4c3c1)CC2C. The second kappa shape index (κ2) is 13.4. The van der Waals surface area contributed by atoms with E-state index in [0.717, 1.165) is 72.7 Å². The molecule has 0 spiro atoms. The minimum absolute atomic E-state index is 0.344. The van der Waals surface area contributed by atoms with Crippen LogP contribution < -0.4 is 0 Å². The van der Waals surface area contributed by atoms with Crippen LogP contribution in [0.25, 0.3) is 80.7 Å². The summed E-state index contributed by atoms with van der Waals surface area (Å²) < 4.78 is 7.18. The van der Waals surface area contributed by atoms with E-state index in [-0.39, 0.29) is 0 Å². The van der Waals surface area contributed by atoms with E-state index in [0.29, 0.717) is 17.0 Å². The van der Waals surface area contributed by atoms with E-state index >= 15 is 0 Å². The van der Waals surface area contributed by atoms with Gasteiger partial charge >= 0.3 is 0 Å². The standard InChI is InChI=1S/C52H34N4S2/c1-31-23-37(55-46-11-5-3-9-39(46)42-24-33(29-53)13-17-48(42)55)8-7-21-57-52-32(2)22-36(27-41(31)52)35-15-19-50-44(26-35)45-28-38(16-20-51(45)58-50)56-47-12-6-4-10-40(47)43-25-34(30-54)14-18-49(43)56/h3-20,23-28,32H,1,21-22H2,2H3/b8-7-,37-23+. The minimum Gasteiger partial charge on any atom is -0.309 e. The molecule has 2 aliphatic rings. The number of nitriles is 2. The Labute approximate surface area is 343 Å². The van der Waals surface area contributed by atoms with Gasteiger partial charge in [0.1, 0.15) is 0 Å². The van der Waals surface area contributed by atoms with E-state index in [1.54, 1.807) is 0 Å². The summed E-state index contributed by atoms with van der Waals surface area (Å²) in [7, 11) is 0. The maximum atomic E-state index is 9.69. The molecular weight excluding hydrogens is 745 g/mol. The van der Waals surface area contributed by atoms with Gasteiger partial charge in [0.15, 0.2) is 0 Å². The minimum atomic E-state index is 0.344. The monoisotopic (exact) mass is 778 g/mol. The van der Waals surface area contributed by atoms with Crippen LogP contribution in [0.15, 0.2) is 168 Å². The maximum Gasteiger partial charge on any atom is 0.0991 e. The molecule has 3 aromatic heterocycles. The third kappa shape index (κ3) is 5.34. The normalized spacial score (nSPS) is 17.5. The molecule has 0 fully saturated rings. The molecule has 0 amide bonds. The summed E-state index contributed by atoms with van der Waals surface area (Å²) in [6, 6.07) is 47.3. The second-order valence-electron chi connectivity index (χ2n) is 15.2. The Morgan fingerprint density at radius 3 is 1.97 bits per heavy atom. The molecule has 6 heteroatoms. The van der Waals surface area contributed by atoms with Crippen molar-refractivity contribution in [3.8, 4) is 17.8 Å². The van der Waals surface area contributed by atoms with Crippen molar-refractivity contribution in [2.45, 2.75) is 13.3 Å². The molecule has 1 aliphatic heterocycles. The first-order chi connectivity index (χ1) is 28.5. The van der Waals surface area contributed by atoms with Crippen LogP contribution in [-0.2, 0) is 0 Å². The van der Waals surface area contributed by atoms with Gasteiger partial charge in [-0.15, -0.1) is 23.1 Å². The Morgan fingerprint density at radius 1 is 0.638 bits per heavy atom. The van der Waals surface area contributed by atoms with Crippen molar-refractivity contribution in [3.63, 3.8) is 0 Å². The Bertz CT molecular complexity index is 3490. The van der Waals surface area contributed by atoms with Crippen molar-refractivity contribution in [2.75, 3.05) is 5.75 Å². The van der Waals surface area contributed by atoms with E-state index in [2.05, 4.69) is 150 Å². The molecular formula is C52H34N4S2. The highest BCUT2D eigenvalue weighted by Crippen LogP contribution is 2.45. The lowest BCUT2D eigenvalue weighted by Crippen LogP contribution is -2.08. The molecule has 11 rings (SSSR count). The summed E-state index contributed by atoms with van der Waals surface area (Å²) in [5, 5.41) is 26.3. The van der Waals surface area contributed by atoms with Crippen molar-refractivity contribution in [1.82, 2.24) is 9.13 Å². The smallest absolute Gasteiger partial charge is 0.0991 e. The molecule has 1 atom stereocenters. The quantitative estimate of drug-likeness (QED) is 0.179. The third-order valence-corrected chi connectivity index (χ3v) is 14.2. The van der Waals surface area contributed by atoms with Gasteiger partial charge < -0.3 is 9.13 Å². The van der Waals surface area contributed by atoms with Gasteiger partial charge in [-0.25, -0.2) is 0 Å². The van der Waals surface area contributed by atoms with Crippen LogP contribution in [0, 0.1) is 28.6 Å². The predicted octanol–water partition coefficient (Wildman–Crippen LogP) is 14.1. The van der Waals surface area contributed by atoms with Crippen LogP contribution in [0.5, 0.6) is 0 Å². The summed E-state index contributed by atoms with van der Waals surface area (Å²) in [6.45, 7) is 7.07. The Balaban J connectivity index is 1.02. The molecule has 0 radical (unpaired) electrons. The lowest BCUT2D eigenvalue weighted by atomic mass is 9.85. The van der Waals surface area contributed by atoms with Gasteiger partial charge in [-0.1, -0.05) is 62.0 Å². The van der Waals surface area contributed by atoms with Crippen LogP contribution in [0.2, 0.25) is 0 Å². The number of aromatic nitrogens is 2. The van der Waals surface area contributed by atoms with Gasteiger partial charge in [-0.2, -0.15) is 10.5 Å². The van der Waals surface area contributed by atoms with Crippen molar-refractivity contribution >= 4 is 98.2 Å². The third-order valence-electron chi connectivity index (χ3n) is 11.8. The van der Waals surface area contributed by atoms with Crippen LogP contribution in [0.1, 0.15) is 30.0 Å². The van der Waals surface area contributed by atoms with Gasteiger partial charge in [0.2, 0.25) is 0 Å². The van der Waals surface area contributed by atoms with E-state index < -0.39 is 0 Å². The number of hydrogen-bond acceptors (Lipinski definition) is 4. The topological polar surface area (TPSA) is 57.4 Å².